The molecule has 3 atom stereocenters. The van der Waals surface area contributed by atoms with Crippen LogP contribution in [-0.4, -0.2) is 42.8 Å². The van der Waals surface area contributed by atoms with Crippen molar-refractivity contribution in [3.05, 3.63) is 0 Å². The highest BCUT2D eigenvalue weighted by molar-refractivity contribution is 5.83. The monoisotopic (exact) mass is 244 g/mol. The van der Waals surface area contributed by atoms with Crippen LogP contribution in [0, 0.1) is 5.41 Å². The molecule has 0 heterocycles. The molecule has 0 aromatic heterocycles. The van der Waals surface area contributed by atoms with E-state index in [9.17, 15) is 14.7 Å². The van der Waals surface area contributed by atoms with Gasteiger partial charge in [0, 0.05) is 19.7 Å². The third-order valence-electron chi connectivity index (χ3n) is 3.55. The summed E-state index contributed by atoms with van der Waals surface area (Å²) in [5, 5.41) is 11.9. The Balaban J connectivity index is 2.68. The number of carboxylic acids is 1. The number of carboxylic acid groups (broad SMARTS) is 1. The largest absolute Gasteiger partial charge is 0.481 e. The Bertz CT molecular complexity index is 304. The van der Waals surface area contributed by atoms with Gasteiger partial charge < -0.3 is 20.9 Å². The first-order chi connectivity index (χ1) is 7.95. The highest BCUT2D eigenvalue weighted by Gasteiger charge is 2.46. The van der Waals surface area contributed by atoms with Crippen LogP contribution in [0.4, 0.5) is 0 Å². The molecule has 1 aliphatic rings. The number of hydrogen-bond donors (Lipinski definition) is 3. The molecule has 4 N–H and O–H groups in total. The maximum atomic E-state index is 11.8. The molecule has 0 radical (unpaired) electrons. The highest BCUT2D eigenvalue weighted by Crippen LogP contribution is 2.38. The molecule has 1 aliphatic carbocycles. The Morgan fingerprint density at radius 1 is 1.65 bits per heavy atom. The number of ether oxygens (including phenoxy) is 1. The van der Waals surface area contributed by atoms with Crippen molar-refractivity contribution >= 4 is 11.9 Å². The van der Waals surface area contributed by atoms with Crippen molar-refractivity contribution in [2.75, 3.05) is 13.7 Å². The lowest BCUT2D eigenvalue weighted by Gasteiger charge is -2.28. The van der Waals surface area contributed by atoms with E-state index >= 15 is 0 Å². The van der Waals surface area contributed by atoms with E-state index in [0.717, 1.165) is 6.42 Å². The molecule has 6 heteroatoms. The van der Waals surface area contributed by atoms with Crippen LogP contribution < -0.4 is 11.1 Å². The Hall–Kier alpha value is -1.14. The predicted octanol–water partition coefficient (Wildman–Crippen LogP) is -0.280. The number of hydrogen-bond acceptors (Lipinski definition) is 4. The fraction of sp³-hybridized carbons (Fsp3) is 0.818. The third-order valence-corrected chi connectivity index (χ3v) is 3.55. The van der Waals surface area contributed by atoms with E-state index in [1.54, 1.807) is 6.92 Å². The van der Waals surface area contributed by atoms with Crippen molar-refractivity contribution in [2.24, 2.45) is 11.1 Å². The van der Waals surface area contributed by atoms with Crippen molar-refractivity contribution in [2.45, 2.75) is 38.3 Å². The minimum Gasteiger partial charge on any atom is -0.481 e. The predicted molar refractivity (Wildman–Crippen MR) is 61.4 cm³/mol. The topological polar surface area (TPSA) is 102 Å². The van der Waals surface area contributed by atoms with Crippen LogP contribution in [0.2, 0.25) is 0 Å². The lowest BCUT2D eigenvalue weighted by molar-refractivity contribution is -0.149. The molecule has 98 valence electrons. The maximum absolute atomic E-state index is 11.8. The second-order valence-corrected chi connectivity index (χ2v) is 4.64. The fourth-order valence-electron chi connectivity index (χ4n) is 2.23. The molecule has 0 spiro atoms. The van der Waals surface area contributed by atoms with E-state index < -0.39 is 17.5 Å². The van der Waals surface area contributed by atoms with Gasteiger partial charge >= 0.3 is 5.97 Å². The smallest absolute Gasteiger partial charge is 0.311 e. The molecule has 0 aromatic carbocycles. The molecule has 17 heavy (non-hydrogen) atoms. The summed E-state index contributed by atoms with van der Waals surface area (Å²) in [6, 6.07) is -0.350. The van der Waals surface area contributed by atoms with Crippen molar-refractivity contribution < 1.29 is 19.4 Å². The van der Waals surface area contributed by atoms with Gasteiger partial charge in [-0.2, -0.15) is 0 Å². The molecule has 0 saturated heterocycles. The normalized spacial score (nSPS) is 29.9. The van der Waals surface area contributed by atoms with E-state index in [-0.39, 0.29) is 18.5 Å². The highest BCUT2D eigenvalue weighted by atomic mass is 16.5. The van der Waals surface area contributed by atoms with Gasteiger partial charge in [-0.3, -0.25) is 9.59 Å². The van der Waals surface area contributed by atoms with Crippen LogP contribution in [0.25, 0.3) is 0 Å². The number of aliphatic carboxylic acids is 1. The molecule has 0 aliphatic heterocycles. The Labute approximate surface area is 101 Å². The van der Waals surface area contributed by atoms with Gasteiger partial charge in [0.05, 0.1) is 5.41 Å². The summed E-state index contributed by atoms with van der Waals surface area (Å²) in [5.74, 6) is -1.21. The summed E-state index contributed by atoms with van der Waals surface area (Å²) in [6.45, 7) is 1.75. The molecule has 1 rings (SSSR count). The second kappa shape index (κ2) is 5.46. The van der Waals surface area contributed by atoms with Gasteiger partial charge in [-0.15, -0.1) is 0 Å². The minimum absolute atomic E-state index is 0.0822. The first-order valence-electron chi connectivity index (χ1n) is 5.72. The Morgan fingerprint density at radius 3 is 2.76 bits per heavy atom. The van der Waals surface area contributed by atoms with E-state index in [1.807, 2.05) is 0 Å². The number of carbonyl (C=O) groups is 2. The lowest BCUT2D eigenvalue weighted by Crippen LogP contribution is -2.51. The van der Waals surface area contributed by atoms with E-state index in [2.05, 4.69) is 5.32 Å². The summed E-state index contributed by atoms with van der Waals surface area (Å²) in [4.78, 5) is 23.0. The molecule has 1 saturated carbocycles. The third kappa shape index (κ3) is 2.76. The molecule has 1 fully saturated rings. The number of nitrogens with one attached hydrogen (secondary N) is 1. The van der Waals surface area contributed by atoms with Crippen LogP contribution in [0.15, 0.2) is 0 Å². The average molecular weight is 244 g/mol. The zero-order chi connectivity index (χ0) is 13.1. The van der Waals surface area contributed by atoms with E-state index in [4.69, 9.17) is 10.5 Å². The number of methoxy groups -OCH3 is 1. The van der Waals surface area contributed by atoms with Crippen molar-refractivity contribution in [1.82, 2.24) is 5.32 Å². The second-order valence-electron chi connectivity index (χ2n) is 4.64. The average Bonchev–Trinajstić information content (AvgIpc) is 2.63. The van der Waals surface area contributed by atoms with Gasteiger partial charge in [0.15, 0.2) is 0 Å². The fourth-order valence-corrected chi connectivity index (χ4v) is 2.23. The van der Waals surface area contributed by atoms with Crippen LogP contribution in [-0.2, 0) is 14.3 Å². The van der Waals surface area contributed by atoms with Crippen LogP contribution in [0.1, 0.15) is 26.2 Å². The zero-order valence-electron chi connectivity index (χ0n) is 10.2. The number of amides is 1. The first kappa shape index (κ1) is 13.9. The van der Waals surface area contributed by atoms with Gasteiger partial charge in [0.2, 0.25) is 0 Å². The van der Waals surface area contributed by atoms with Crippen molar-refractivity contribution in [3.63, 3.8) is 0 Å². The number of carbonyl (C=O) groups excluding carboxylic acids is 1. The van der Waals surface area contributed by atoms with Crippen LogP contribution in [0.3, 0.4) is 0 Å². The molecule has 3 unspecified atom stereocenters. The first-order valence-corrected chi connectivity index (χ1v) is 5.72. The van der Waals surface area contributed by atoms with Crippen LogP contribution in [0.5, 0.6) is 0 Å². The quantitative estimate of drug-likeness (QED) is 0.617. The van der Waals surface area contributed by atoms with Crippen molar-refractivity contribution in [1.29, 1.82) is 0 Å². The molecule has 1 amide bonds. The maximum Gasteiger partial charge on any atom is 0.311 e. The molecular formula is C11H20N2O4. The van der Waals surface area contributed by atoms with Gasteiger partial charge in [0.25, 0.3) is 5.91 Å². The summed E-state index contributed by atoms with van der Waals surface area (Å²) >= 11 is 0. The number of nitrogens with two attached hydrogens (primary N) is 1. The lowest BCUT2D eigenvalue weighted by atomic mass is 9.85. The molecular weight excluding hydrogens is 224 g/mol. The van der Waals surface area contributed by atoms with Gasteiger partial charge in [-0.05, 0) is 19.8 Å². The molecule has 0 aromatic rings. The summed E-state index contributed by atoms with van der Waals surface area (Å²) in [5.41, 5.74) is 4.50. The summed E-state index contributed by atoms with van der Waals surface area (Å²) in [7, 11) is 1.40. The Kier molecular flexibility index (Phi) is 4.47. The van der Waals surface area contributed by atoms with E-state index in [0.29, 0.717) is 12.8 Å². The summed E-state index contributed by atoms with van der Waals surface area (Å²) < 4.78 is 4.92. The SMILES string of the molecule is COC(CN)C(=O)NC1CCCC1(C)C(=O)O. The van der Waals surface area contributed by atoms with Gasteiger partial charge in [-0.1, -0.05) is 6.42 Å². The zero-order valence-corrected chi connectivity index (χ0v) is 10.2. The minimum atomic E-state index is -0.886. The van der Waals surface area contributed by atoms with Gasteiger partial charge in [-0.25, -0.2) is 0 Å². The standard InChI is InChI=1S/C11H20N2O4/c1-11(10(15)16)5-3-4-8(11)13-9(14)7(6-12)17-2/h7-8H,3-6,12H2,1-2H3,(H,13,14)(H,15,16). The molecule has 6 nitrogen and oxygen atoms in total. The van der Waals surface area contributed by atoms with Crippen LogP contribution >= 0.6 is 0 Å². The summed E-state index contributed by atoms with van der Waals surface area (Å²) in [6.07, 6.45) is 1.34. The molecule has 0 bridgehead atoms. The number of rotatable bonds is 5. The van der Waals surface area contributed by atoms with E-state index in [1.165, 1.54) is 7.11 Å². The van der Waals surface area contributed by atoms with Gasteiger partial charge in [0.1, 0.15) is 6.10 Å². The van der Waals surface area contributed by atoms with Crippen molar-refractivity contribution in [3.8, 4) is 0 Å². The Morgan fingerprint density at radius 2 is 2.29 bits per heavy atom.